The third-order valence-corrected chi connectivity index (χ3v) is 9.13. The van der Waals surface area contributed by atoms with Crippen LogP contribution in [0.15, 0.2) is 47.3 Å². The van der Waals surface area contributed by atoms with Gasteiger partial charge in [0, 0.05) is 22.6 Å². The predicted molar refractivity (Wildman–Crippen MR) is 131 cm³/mol. The van der Waals surface area contributed by atoms with Crippen molar-refractivity contribution in [2.24, 2.45) is 0 Å². The summed E-state index contributed by atoms with van der Waals surface area (Å²) in [6.45, 7) is 0. The van der Waals surface area contributed by atoms with Crippen molar-refractivity contribution in [3.05, 3.63) is 58.0 Å². The van der Waals surface area contributed by atoms with Crippen LogP contribution in [0.25, 0.3) is 21.9 Å². The maximum Gasteiger partial charge on any atom is 0.164 e. The molecule has 0 radical (unpaired) electrons. The third kappa shape index (κ3) is 3.35. The summed E-state index contributed by atoms with van der Waals surface area (Å²) in [6.07, 6.45) is 0.762. The van der Waals surface area contributed by atoms with E-state index in [2.05, 4.69) is 36.9 Å². The number of aliphatic hydroxyl groups is 2. The molecule has 8 nitrogen and oxygen atoms in total. The van der Waals surface area contributed by atoms with E-state index < -0.39 is 24.0 Å². The predicted octanol–water partition coefficient (Wildman–Crippen LogP) is 3.85. The first kappa shape index (κ1) is 21.6. The smallest absolute Gasteiger partial charge is 0.164 e. The Labute approximate surface area is 206 Å². The van der Waals surface area contributed by atoms with Crippen molar-refractivity contribution >= 4 is 67.0 Å². The SMILES string of the molecule is Nc1ncnc2c1ccn2C1OC2(CSC(c3ccc4cc(Br)c(Cl)nc4c3)C2)C(O)C1O. The number of ether oxygens (including phenoxy) is 1. The lowest BCUT2D eigenvalue weighted by Crippen LogP contribution is -2.43. The molecule has 1 spiro atoms. The van der Waals surface area contributed by atoms with E-state index in [1.54, 1.807) is 28.6 Å². The van der Waals surface area contributed by atoms with Crippen molar-refractivity contribution in [3.63, 3.8) is 0 Å². The molecule has 3 aromatic heterocycles. The number of pyridine rings is 1. The van der Waals surface area contributed by atoms with Gasteiger partial charge in [-0.15, -0.1) is 0 Å². The number of fused-ring (bicyclic) bond motifs is 2. The molecule has 4 N–H and O–H groups in total. The Bertz CT molecular complexity index is 1400. The molecule has 11 heteroatoms. The second-order valence-electron chi connectivity index (χ2n) is 8.44. The molecule has 0 aliphatic carbocycles. The number of aromatic nitrogens is 4. The average molecular weight is 549 g/mol. The number of anilines is 1. The number of nitrogens with two attached hydrogens (primary N) is 1. The minimum atomic E-state index is -1.11. The van der Waals surface area contributed by atoms with Crippen LogP contribution in [-0.4, -0.2) is 53.3 Å². The van der Waals surface area contributed by atoms with Crippen LogP contribution in [-0.2, 0) is 4.74 Å². The quantitative estimate of drug-likeness (QED) is 0.323. The number of halogens is 2. The van der Waals surface area contributed by atoms with Crippen LogP contribution in [0.4, 0.5) is 5.82 Å². The largest absolute Gasteiger partial charge is 0.387 e. The van der Waals surface area contributed by atoms with Crippen LogP contribution in [0.5, 0.6) is 0 Å². The first-order valence-electron chi connectivity index (χ1n) is 10.3. The number of benzene rings is 1. The fourth-order valence-corrected chi connectivity index (χ4v) is 6.83. The van der Waals surface area contributed by atoms with Crippen LogP contribution in [0.2, 0.25) is 5.15 Å². The highest BCUT2D eigenvalue weighted by Gasteiger charge is 2.58. The van der Waals surface area contributed by atoms with Crippen molar-refractivity contribution in [3.8, 4) is 0 Å². The molecule has 2 saturated heterocycles. The lowest BCUT2D eigenvalue weighted by atomic mass is 9.90. The zero-order chi connectivity index (χ0) is 22.9. The Morgan fingerprint density at radius 2 is 2.09 bits per heavy atom. The van der Waals surface area contributed by atoms with Gasteiger partial charge < -0.3 is 25.3 Å². The second-order valence-corrected chi connectivity index (χ2v) is 10.8. The van der Waals surface area contributed by atoms with Crippen LogP contribution in [0.3, 0.4) is 0 Å². The molecule has 1 aromatic carbocycles. The molecule has 6 rings (SSSR count). The summed E-state index contributed by atoms with van der Waals surface area (Å²) in [7, 11) is 0. The Morgan fingerprint density at radius 1 is 1.24 bits per heavy atom. The molecule has 0 saturated carbocycles. The van der Waals surface area contributed by atoms with E-state index in [-0.39, 0.29) is 5.25 Å². The number of nitrogen functional groups attached to an aromatic ring is 1. The zero-order valence-electron chi connectivity index (χ0n) is 17.1. The van der Waals surface area contributed by atoms with E-state index in [4.69, 9.17) is 22.1 Å². The number of aliphatic hydroxyl groups excluding tert-OH is 2. The summed E-state index contributed by atoms with van der Waals surface area (Å²) in [5.41, 5.74) is 7.51. The molecular formula is C22H19BrClN5O3S. The number of hydrogen-bond acceptors (Lipinski definition) is 8. The molecule has 2 fully saturated rings. The topological polar surface area (TPSA) is 119 Å². The first-order valence-corrected chi connectivity index (χ1v) is 12.6. The second kappa shape index (κ2) is 7.79. The van der Waals surface area contributed by atoms with Gasteiger partial charge in [0.25, 0.3) is 0 Å². The van der Waals surface area contributed by atoms with Crippen LogP contribution >= 0.6 is 39.3 Å². The van der Waals surface area contributed by atoms with Gasteiger partial charge in [0.15, 0.2) is 6.23 Å². The molecule has 2 aliphatic heterocycles. The van der Waals surface area contributed by atoms with Crippen molar-refractivity contribution in [2.75, 3.05) is 11.5 Å². The van der Waals surface area contributed by atoms with Gasteiger partial charge in [-0.25, -0.2) is 15.0 Å². The summed E-state index contributed by atoms with van der Waals surface area (Å²) in [5, 5.41) is 24.1. The molecular weight excluding hydrogens is 530 g/mol. The van der Waals surface area contributed by atoms with E-state index in [9.17, 15) is 10.2 Å². The van der Waals surface area contributed by atoms with Gasteiger partial charge in [0.05, 0.1) is 15.4 Å². The fraction of sp³-hybridized carbons (Fsp3) is 0.318. The molecule has 4 aromatic rings. The Hall–Kier alpha value is -1.95. The van der Waals surface area contributed by atoms with Gasteiger partial charge in [-0.1, -0.05) is 23.7 Å². The fourth-order valence-electron chi connectivity index (χ4n) is 4.77. The standard InChI is InChI=1S/C22H19BrClN5O3S/c23-13-5-10-1-2-11(6-14(10)28-18(13)24)15-7-22(8-33-15)17(31)16(30)21(32-22)29-4-3-12-19(25)26-9-27-20(12)29/h1-6,9,15-17,21,30-31H,7-8H2,(H2,25,26,27). The number of nitrogens with zero attached hydrogens (tertiary/aromatic N) is 4. The average Bonchev–Trinajstić information content (AvgIpc) is 3.48. The molecule has 170 valence electrons. The molecule has 5 atom stereocenters. The highest BCUT2D eigenvalue weighted by molar-refractivity contribution is 9.10. The zero-order valence-corrected chi connectivity index (χ0v) is 20.3. The summed E-state index contributed by atoms with van der Waals surface area (Å²) >= 11 is 11.3. The van der Waals surface area contributed by atoms with Crippen molar-refractivity contribution in [2.45, 2.75) is 35.7 Å². The van der Waals surface area contributed by atoms with Gasteiger partial charge in [-0.2, -0.15) is 11.8 Å². The Balaban J connectivity index is 1.30. The third-order valence-electron chi connectivity index (χ3n) is 6.51. The summed E-state index contributed by atoms with van der Waals surface area (Å²) in [6, 6.07) is 9.84. The van der Waals surface area contributed by atoms with Crippen molar-refractivity contribution in [1.82, 2.24) is 19.5 Å². The van der Waals surface area contributed by atoms with Gasteiger partial charge in [0.2, 0.25) is 0 Å². The highest BCUT2D eigenvalue weighted by Crippen LogP contribution is 2.54. The lowest BCUT2D eigenvalue weighted by molar-refractivity contribution is -0.0885. The van der Waals surface area contributed by atoms with E-state index in [1.165, 1.54) is 6.33 Å². The van der Waals surface area contributed by atoms with E-state index in [1.807, 2.05) is 18.2 Å². The Morgan fingerprint density at radius 3 is 2.94 bits per heavy atom. The van der Waals surface area contributed by atoms with Gasteiger partial charge in [-0.05, 0) is 46.1 Å². The molecule has 5 heterocycles. The summed E-state index contributed by atoms with van der Waals surface area (Å²) in [4.78, 5) is 12.8. The van der Waals surface area contributed by atoms with Crippen molar-refractivity contribution < 1.29 is 14.9 Å². The normalized spacial score (nSPS) is 29.6. The van der Waals surface area contributed by atoms with Gasteiger partial charge in [-0.3, -0.25) is 0 Å². The van der Waals surface area contributed by atoms with Gasteiger partial charge in [0.1, 0.15) is 40.8 Å². The number of hydrogen-bond donors (Lipinski definition) is 3. The summed E-state index contributed by atoms with van der Waals surface area (Å²) in [5.74, 6) is 0.907. The van der Waals surface area contributed by atoms with Gasteiger partial charge >= 0.3 is 0 Å². The molecule has 0 amide bonds. The number of thioether (sulfide) groups is 1. The molecule has 2 aliphatic rings. The lowest BCUT2D eigenvalue weighted by Gasteiger charge is -2.26. The Kier molecular flexibility index (Phi) is 5.09. The van der Waals surface area contributed by atoms with Crippen LogP contribution in [0.1, 0.15) is 23.5 Å². The van der Waals surface area contributed by atoms with E-state index >= 15 is 0 Å². The van der Waals surface area contributed by atoms with E-state index in [0.29, 0.717) is 34.2 Å². The molecule has 0 bridgehead atoms. The van der Waals surface area contributed by atoms with Crippen molar-refractivity contribution in [1.29, 1.82) is 0 Å². The van der Waals surface area contributed by atoms with E-state index in [0.717, 1.165) is 20.9 Å². The molecule has 33 heavy (non-hydrogen) atoms. The summed E-state index contributed by atoms with van der Waals surface area (Å²) < 4.78 is 8.87. The minimum absolute atomic E-state index is 0.0820. The first-order chi connectivity index (χ1) is 15.9. The monoisotopic (exact) mass is 547 g/mol. The highest BCUT2D eigenvalue weighted by atomic mass is 79.9. The maximum atomic E-state index is 11.1. The minimum Gasteiger partial charge on any atom is -0.387 e. The molecule has 5 unspecified atom stereocenters. The van der Waals surface area contributed by atoms with Crippen LogP contribution < -0.4 is 5.73 Å². The maximum absolute atomic E-state index is 11.1. The number of rotatable bonds is 2. The van der Waals surface area contributed by atoms with Crippen LogP contribution in [0, 0.1) is 0 Å².